The molecule has 0 aliphatic rings. The number of benzene rings is 2. The van der Waals surface area contributed by atoms with E-state index >= 15 is 0 Å². The molecule has 0 radical (unpaired) electrons. The minimum atomic E-state index is -0.323. The Bertz CT molecular complexity index is 796. The zero-order valence-corrected chi connectivity index (χ0v) is 15.5. The number of aryl methyl sites for hydroxylation is 2. The standard InChI is InChI=1S/C20H25FN4/c1-6-25(5)13-22-20-12-14(2)17(11-15(20)3)16(4)23-24-19-10-8-7-9-18(19)21/h7-13,24H,6H2,1-5H3. The highest BCUT2D eigenvalue weighted by Gasteiger charge is 2.07. The van der Waals surface area contributed by atoms with Gasteiger partial charge < -0.3 is 4.90 Å². The zero-order valence-electron chi connectivity index (χ0n) is 15.5. The second kappa shape index (κ2) is 8.42. The quantitative estimate of drug-likeness (QED) is 0.462. The van der Waals surface area contributed by atoms with Gasteiger partial charge in [-0.15, -0.1) is 0 Å². The van der Waals surface area contributed by atoms with Crippen molar-refractivity contribution in [3.05, 3.63) is 58.9 Å². The summed E-state index contributed by atoms with van der Waals surface area (Å²) in [6, 6.07) is 10.6. The molecule has 0 fully saturated rings. The first-order valence-corrected chi connectivity index (χ1v) is 8.33. The molecule has 2 aromatic rings. The van der Waals surface area contributed by atoms with Gasteiger partial charge in [0.2, 0.25) is 0 Å². The van der Waals surface area contributed by atoms with Gasteiger partial charge in [-0.25, -0.2) is 9.38 Å². The minimum absolute atomic E-state index is 0.323. The molecule has 0 aliphatic carbocycles. The molecule has 132 valence electrons. The summed E-state index contributed by atoms with van der Waals surface area (Å²) in [4.78, 5) is 6.56. The highest BCUT2D eigenvalue weighted by molar-refractivity contribution is 6.01. The average Bonchev–Trinajstić information content (AvgIpc) is 2.60. The predicted molar refractivity (Wildman–Crippen MR) is 105 cm³/mol. The van der Waals surface area contributed by atoms with Gasteiger partial charge in [-0.2, -0.15) is 5.10 Å². The zero-order chi connectivity index (χ0) is 18.4. The van der Waals surface area contributed by atoms with E-state index in [1.54, 1.807) is 18.2 Å². The van der Waals surface area contributed by atoms with Crippen LogP contribution in [0.2, 0.25) is 0 Å². The van der Waals surface area contributed by atoms with E-state index in [1.165, 1.54) is 6.07 Å². The first-order chi connectivity index (χ1) is 11.9. The van der Waals surface area contributed by atoms with Crippen molar-refractivity contribution >= 4 is 23.4 Å². The lowest BCUT2D eigenvalue weighted by Gasteiger charge is -2.12. The maximum Gasteiger partial charge on any atom is 0.148 e. The van der Waals surface area contributed by atoms with Crippen LogP contribution >= 0.6 is 0 Å². The summed E-state index contributed by atoms with van der Waals surface area (Å²) >= 11 is 0. The molecule has 25 heavy (non-hydrogen) atoms. The number of rotatable bonds is 6. The number of hydrogen-bond donors (Lipinski definition) is 1. The normalized spacial score (nSPS) is 11.8. The van der Waals surface area contributed by atoms with Crippen LogP contribution in [0.4, 0.5) is 15.8 Å². The number of aliphatic imine (C=N–C) groups is 1. The Morgan fingerprint density at radius 2 is 1.92 bits per heavy atom. The summed E-state index contributed by atoms with van der Waals surface area (Å²) < 4.78 is 13.7. The van der Waals surface area contributed by atoms with Crippen molar-refractivity contribution in [1.29, 1.82) is 0 Å². The third-order valence-corrected chi connectivity index (χ3v) is 4.04. The predicted octanol–water partition coefficient (Wildman–Crippen LogP) is 4.89. The van der Waals surface area contributed by atoms with Gasteiger partial charge in [-0.05, 0) is 63.1 Å². The van der Waals surface area contributed by atoms with Crippen LogP contribution in [0, 0.1) is 19.7 Å². The highest BCUT2D eigenvalue weighted by Crippen LogP contribution is 2.24. The van der Waals surface area contributed by atoms with Crippen LogP contribution in [0.15, 0.2) is 46.5 Å². The summed E-state index contributed by atoms with van der Waals surface area (Å²) in [7, 11) is 1.99. The molecule has 0 saturated heterocycles. The van der Waals surface area contributed by atoms with Gasteiger partial charge in [0.05, 0.1) is 23.4 Å². The van der Waals surface area contributed by atoms with Crippen molar-refractivity contribution in [3.63, 3.8) is 0 Å². The Morgan fingerprint density at radius 3 is 2.60 bits per heavy atom. The van der Waals surface area contributed by atoms with E-state index in [9.17, 15) is 4.39 Å². The number of halogens is 1. The Morgan fingerprint density at radius 1 is 1.20 bits per heavy atom. The maximum atomic E-state index is 13.7. The molecule has 5 heteroatoms. The summed E-state index contributed by atoms with van der Waals surface area (Å²) in [6.45, 7) is 8.95. The fourth-order valence-corrected chi connectivity index (χ4v) is 2.33. The average molecular weight is 340 g/mol. The summed E-state index contributed by atoms with van der Waals surface area (Å²) in [5.41, 5.74) is 8.06. The number of hydrazone groups is 1. The number of nitrogens with one attached hydrogen (secondary N) is 1. The second-order valence-electron chi connectivity index (χ2n) is 6.06. The number of nitrogens with zero attached hydrogens (tertiary/aromatic N) is 3. The van der Waals surface area contributed by atoms with Crippen LogP contribution in [0.3, 0.4) is 0 Å². The van der Waals surface area contributed by atoms with Gasteiger partial charge in [-0.1, -0.05) is 12.1 Å². The molecule has 0 bridgehead atoms. The lowest BCUT2D eigenvalue weighted by atomic mass is 10.0. The first-order valence-electron chi connectivity index (χ1n) is 8.33. The van der Waals surface area contributed by atoms with Crippen LogP contribution in [0.5, 0.6) is 0 Å². The number of anilines is 1. The SMILES string of the molecule is CCN(C)C=Nc1cc(C)c(C(C)=NNc2ccccc2F)cc1C. The maximum absolute atomic E-state index is 13.7. The molecule has 0 heterocycles. The Balaban J connectivity index is 2.24. The molecule has 0 aliphatic heterocycles. The lowest BCUT2D eigenvalue weighted by Crippen LogP contribution is -2.14. The molecule has 2 aromatic carbocycles. The van der Waals surface area contributed by atoms with Crippen LogP contribution in [0.1, 0.15) is 30.5 Å². The van der Waals surface area contributed by atoms with E-state index in [0.717, 1.165) is 34.6 Å². The molecule has 4 nitrogen and oxygen atoms in total. The summed E-state index contributed by atoms with van der Waals surface area (Å²) in [5.74, 6) is -0.323. The van der Waals surface area contributed by atoms with Crippen molar-refractivity contribution < 1.29 is 4.39 Å². The van der Waals surface area contributed by atoms with E-state index in [4.69, 9.17) is 0 Å². The van der Waals surface area contributed by atoms with E-state index < -0.39 is 0 Å². The summed E-state index contributed by atoms with van der Waals surface area (Å²) in [5, 5.41) is 4.32. The van der Waals surface area contributed by atoms with Crippen molar-refractivity contribution in [2.45, 2.75) is 27.7 Å². The molecular weight excluding hydrogens is 315 g/mol. The molecule has 1 N–H and O–H groups in total. The molecule has 0 spiro atoms. The lowest BCUT2D eigenvalue weighted by molar-refractivity contribution is 0.552. The van der Waals surface area contributed by atoms with E-state index in [2.05, 4.69) is 28.5 Å². The van der Waals surface area contributed by atoms with Gasteiger partial charge in [0.1, 0.15) is 5.82 Å². The van der Waals surface area contributed by atoms with Gasteiger partial charge in [0, 0.05) is 19.2 Å². The Kier molecular flexibility index (Phi) is 6.28. The van der Waals surface area contributed by atoms with Crippen molar-refractivity contribution in [2.75, 3.05) is 19.0 Å². The van der Waals surface area contributed by atoms with Crippen LogP contribution in [-0.4, -0.2) is 30.5 Å². The smallest absolute Gasteiger partial charge is 0.148 e. The van der Waals surface area contributed by atoms with E-state index in [1.807, 2.05) is 45.1 Å². The molecular formula is C20H25FN4. The van der Waals surface area contributed by atoms with Gasteiger partial charge in [-0.3, -0.25) is 5.43 Å². The van der Waals surface area contributed by atoms with Crippen LogP contribution in [-0.2, 0) is 0 Å². The topological polar surface area (TPSA) is 40.0 Å². The van der Waals surface area contributed by atoms with Gasteiger partial charge in [0.25, 0.3) is 0 Å². The monoisotopic (exact) mass is 340 g/mol. The van der Waals surface area contributed by atoms with E-state index in [-0.39, 0.29) is 5.82 Å². The molecule has 0 saturated carbocycles. The van der Waals surface area contributed by atoms with Crippen molar-refractivity contribution in [1.82, 2.24) is 4.90 Å². The Hall–Kier alpha value is -2.69. The number of para-hydroxylation sites is 1. The minimum Gasteiger partial charge on any atom is -0.366 e. The number of hydrogen-bond acceptors (Lipinski definition) is 3. The second-order valence-corrected chi connectivity index (χ2v) is 6.06. The van der Waals surface area contributed by atoms with Gasteiger partial charge >= 0.3 is 0 Å². The largest absolute Gasteiger partial charge is 0.366 e. The first kappa shape index (κ1) is 18.6. The molecule has 2 rings (SSSR count). The third-order valence-electron chi connectivity index (χ3n) is 4.04. The highest BCUT2D eigenvalue weighted by atomic mass is 19.1. The fraction of sp³-hybridized carbons (Fsp3) is 0.300. The third kappa shape index (κ3) is 4.89. The fourth-order valence-electron chi connectivity index (χ4n) is 2.33. The van der Waals surface area contributed by atoms with Gasteiger partial charge in [0.15, 0.2) is 0 Å². The van der Waals surface area contributed by atoms with E-state index in [0.29, 0.717) is 5.69 Å². The molecule has 0 aromatic heterocycles. The van der Waals surface area contributed by atoms with Crippen LogP contribution < -0.4 is 5.43 Å². The van der Waals surface area contributed by atoms with Crippen LogP contribution in [0.25, 0.3) is 0 Å². The molecule has 0 atom stereocenters. The van der Waals surface area contributed by atoms with Crippen molar-refractivity contribution in [3.8, 4) is 0 Å². The summed E-state index contributed by atoms with van der Waals surface area (Å²) in [6.07, 6.45) is 1.84. The molecule has 0 amide bonds. The molecule has 0 unspecified atom stereocenters. The van der Waals surface area contributed by atoms with Crippen molar-refractivity contribution in [2.24, 2.45) is 10.1 Å². The Labute approximate surface area is 149 Å².